The minimum Gasteiger partial charge on any atom is -0.393 e. The third kappa shape index (κ3) is 7.95. The zero-order valence-corrected chi connectivity index (χ0v) is 9.16. The Balaban J connectivity index is 3.33. The van der Waals surface area contributed by atoms with Crippen LogP contribution in [0.1, 0.15) is 26.7 Å². The lowest BCUT2D eigenvalue weighted by molar-refractivity contribution is 0.319. The third-order valence-corrected chi connectivity index (χ3v) is 2.03. The molecule has 0 rings (SSSR count). The largest absolute Gasteiger partial charge is 0.393 e. The molecule has 2 nitrogen and oxygen atoms in total. The molecule has 0 amide bonds. The molecule has 0 aliphatic heterocycles. The molecule has 12 heavy (non-hydrogen) atoms. The Kier molecular flexibility index (Phi) is 6.30. The molecule has 0 aromatic rings. The lowest BCUT2D eigenvalue weighted by atomic mass is 10.1. The monoisotopic (exact) mass is 188 g/mol. The fourth-order valence-corrected chi connectivity index (χ4v) is 0.983. The van der Waals surface area contributed by atoms with Crippen molar-refractivity contribution in [2.75, 3.05) is 20.1 Å². The van der Waals surface area contributed by atoms with Gasteiger partial charge < -0.3 is 10.6 Å². The Morgan fingerprint density at radius 3 is 2.42 bits per heavy atom. The molecule has 0 unspecified atom stereocenters. The highest BCUT2D eigenvalue weighted by Crippen LogP contribution is 2.00. The van der Waals surface area contributed by atoms with Crippen LogP contribution in [0.3, 0.4) is 0 Å². The zero-order valence-electron chi connectivity index (χ0n) is 8.34. The first-order valence-electron chi connectivity index (χ1n) is 4.49. The van der Waals surface area contributed by atoms with E-state index < -0.39 is 0 Å². The van der Waals surface area contributed by atoms with E-state index in [0.29, 0.717) is 4.99 Å². The van der Waals surface area contributed by atoms with E-state index in [9.17, 15) is 0 Å². The van der Waals surface area contributed by atoms with Gasteiger partial charge in [0.15, 0.2) is 0 Å². The van der Waals surface area contributed by atoms with Crippen molar-refractivity contribution >= 4 is 17.2 Å². The highest BCUT2D eigenvalue weighted by molar-refractivity contribution is 7.80. The number of nitrogens with two attached hydrogens (primary N) is 1. The van der Waals surface area contributed by atoms with Gasteiger partial charge in [0.25, 0.3) is 0 Å². The molecule has 72 valence electrons. The van der Waals surface area contributed by atoms with Crippen LogP contribution in [0.15, 0.2) is 0 Å². The summed E-state index contributed by atoms with van der Waals surface area (Å²) < 4.78 is 0. The van der Waals surface area contributed by atoms with E-state index in [1.54, 1.807) is 0 Å². The van der Waals surface area contributed by atoms with Crippen LogP contribution in [0, 0.1) is 5.92 Å². The van der Waals surface area contributed by atoms with Crippen molar-refractivity contribution in [1.29, 1.82) is 0 Å². The molecule has 0 saturated heterocycles. The lowest BCUT2D eigenvalue weighted by Gasteiger charge is -2.16. The van der Waals surface area contributed by atoms with Crippen molar-refractivity contribution in [3.05, 3.63) is 0 Å². The summed E-state index contributed by atoms with van der Waals surface area (Å²) in [5, 5.41) is 0. The predicted octanol–water partition coefficient (Wildman–Crippen LogP) is 1.64. The molecule has 0 atom stereocenters. The molecule has 0 aliphatic rings. The van der Waals surface area contributed by atoms with Crippen LogP contribution in [0.25, 0.3) is 0 Å². The molecule has 0 radical (unpaired) electrons. The Hall–Kier alpha value is -0.150. The van der Waals surface area contributed by atoms with Crippen molar-refractivity contribution in [1.82, 2.24) is 4.90 Å². The first-order valence-corrected chi connectivity index (χ1v) is 4.90. The van der Waals surface area contributed by atoms with Crippen LogP contribution in [-0.4, -0.2) is 30.0 Å². The number of thiocarbonyl (C=S) groups is 1. The fourth-order valence-electron chi connectivity index (χ4n) is 0.891. The minimum absolute atomic E-state index is 0.617. The number of rotatable bonds is 6. The predicted molar refractivity (Wildman–Crippen MR) is 58.4 cm³/mol. The topological polar surface area (TPSA) is 29.3 Å². The molecular weight excluding hydrogens is 168 g/mol. The van der Waals surface area contributed by atoms with Crippen LogP contribution in [0.5, 0.6) is 0 Å². The van der Waals surface area contributed by atoms with E-state index in [4.69, 9.17) is 18.0 Å². The standard InChI is InChI=1S/C9H20N2S/c1-8(2)4-6-11(3)7-5-9(10)12/h8H,4-7H2,1-3H3,(H2,10,12). The average Bonchev–Trinajstić information content (AvgIpc) is 1.96. The Morgan fingerprint density at radius 1 is 1.42 bits per heavy atom. The molecule has 3 heteroatoms. The summed E-state index contributed by atoms with van der Waals surface area (Å²) in [6.45, 7) is 6.60. The van der Waals surface area contributed by atoms with Crippen molar-refractivity contribution in [3.63, 3.8) is 0 Å². The average molecular weight is 188 g/mol. The first kappa shape index (κ1) is 11.8. The van der Waals surface area contributed by atoms with Gasteiger partial charge in [-0.3, -0.25) is 0 Å². The van der Waals surface area contributed by atoms with Crippen molar-refractivity contribution in [2.24, 2.45) is 11.7 Å². The normalized spacial score (nSPS) is 11.1. The highest BCUT2D eigenvalue weighted by atomic mass is 32.1. The van der Waals surface area contributed by atoms with Crippen LogP contribution >= 0.6 is 12.2 Å². The Morgan fingerprint density at radius 2 is 2.00 bits per heavy atom. The smallest absolute Gasteiger partial charge is 0.0740 e. The summed E-state index contributed by atoms with van der Waals surface area (Å²) in [5.41, 5.74) is 5.40. The minimum atomic E-state index is 0.617. The molecule has 0 bridgehead atoms. The zero-order chi connectivity index (χ0) is 9.56. The SMILES string of the molecule is CC(C)CCN(C)CCC(N)=S. The lowest BCUT2D eigenvalue weighted by Crippen LogP contribution is -2.25. The maximum Gasteiger partial charge on any atom is 0.0740 e. The van der Waals surface area contributed by atoms with Crippen LogP contribution < -0.4 is 5.73 Å². The summed E-state index contributed by atoms with van der Waals surface area (Å²) in [6, 6.07) is 0. The molecule has 0 aromatic heterocycles. The van der Waals surface area contributed by atoms with Gasteiger partial charge >= 0.3 is 0 Å². The van der Waals surface area contributed by atoms with Gasteiger partial charge in [-0.15, -0.1) is 0 Å². The second-order valence-electron chi connectivity index (χ2n) is 3.70. The van der Waals surface area contributed by atoms with Gasteiger partial charge in [0.05, 0.1) is 4.99 Å². The number of nitrogens with zero attached hydrogens (tertiary/aromatic N) is 1. The Bertz CT molecular complexity index is 134. The summed E-state index contributed by atoms with van der Waals surface area (Å²) in [5.74, 6) is 0.775. The maximum atomic E-state index is 5.40. The maximum absolute atomic E-state index is 5.40. The summed E-state index contributed by atoms with van der Waals surface area (Å²) in [7, 11) is 2.11. The van der Waals surface area contributed by atoms with Gasteiger partial charge in [-0.05, 0) is 25.9 Å². The highest BCUT2D eigenvalue weighted by Gasteiger charge is 2.00. The Labute approximate surface area is 81.1 Å². The quantitative estimate of drug-likeness (QED) is 0.643. The molecule has 0 aliphatic carbocycles. The van der Waals surface area contributed by atoms with Gasteiger partial charge in [0.1, 0.15) is 0 Å². The van der Waals surface area contributed by atoms with Crippen molar-refractivity contribution < 1.29 is 0 Å². The number of hydrogen-bond donors (Lipinski definition) is 1. The first-order chi connectivity index (χ1) is 5.52. The number of hydrogen-bond acceptors (Lipinski definition) is 2. The molecule has 0 heterocycles. The van der Waals surface area contributed by atoms with E-state index in [0.717, 1.165) is 25.4 Å². The molecule has 0 saturated carbocycles. The van der Waals surface area contributed by atoms with Gasteiger partial charge in [-0.2, -0.15) is 0 Å². The van der Waals surface area contributed by atoms with E-state index in [-0.39, 0.29) is 0 Å². The van der Waals surface area contributed by atoms with Gasteiger partial charge in [-0.1, -0.05) is 26.1 Å². The van der Waals surface area contributed by atoms with Gasteiger partial charge in [-0.25, -0.2) is 0 Å². The van der Waals surface area contributed by atoms with Crippen LogP contribution in [0.4, 0.5) is 0 Å². The van der Waals surface area contributed by atoms with Crippen molar-refractivity contribution in [2.45, 2.75) is 26.7 Å². The summed E-state index contributed by atoms with van der Waals surface area (Å²) >= 11 is 4.80. The van der Waals surface area contributed by atoms with Gasteiger partial charge in [0.2, 0.25) is 0 Å². The van der Waals surface area contributed by atoms with E-state index in [1.807, 2.05) is 0 Å². The van der Waals surface area contributed by atoms with E-state index in [2.05, 4.69) is 25.8 Å². The summed E-state index contributed by atoms with van der Waals surface area (Å²) in [4.78, 5) is 2.89. The van der Waals surface area contributed by atoms with E-state index in [1.165, 1.54) is 6.42 Å². The molecule has 0 spiro atoms. The second-order valence-corrected chi connectivity index (χ2v) is 4.23. The molecular formula is C9H20N2S. The van der Waals surface area contributed by atoms with Gasteiger partial charge in [0, 0.05) is 13.0 Å². The molecule has 0 fully saturated rings. The van der Waals surface area contributed by atoms with Crippen LogP contribution in [-0.2, 0) is 0 Å². The molecule has 2 N–H and O–H groups in total. The molecule has 0 aromatic carbocycles. The summed E-state index contributed by atoms with van der Waals surface area (Å²) in [6.07, 6.45) is 2.08. The fraction of sp³-hybridized carbons (Fsp3) is 0.889. The second kappa shape index (κ2) is 6.38. The van der Waals surface area contributed by atoms with Crippen LogP contribution in [0.2, 0.25) is 0 Å². The van der Waals surface area contributed by atoms with Crippen molar-refractivity contribution in [3.8, 4) is 0 Å². The van der Waals surface area contributed by atoms with E-state index >= 15 is 0 Å². The third-order valence-electron chi connectivity index (χ3n) is 1.83.